The fraction of sp³-hybridized carbons (Fsp3) is 0.680. The first-order chi connectivity index (χ1) is 14.0. The van der Waals surface area contributed by atoms with Gasteiger partial charge in [-0.3, -0.25) is 9.59 Å². The number of nitrogens with one attached hydrogen (secondary N) is 1. The highest BCUT2D eigenvalue weighted by Crippen LogP contribution is 2.66. The van der Waals surface area contributed by atoms with Crippen molar-refractivity contribution in [1.82, 2.24) is 10.2 Å². The van der Waals surface area contributed by atoms with Crippen molar-refractivity contribution >= 4 is 11.8 Å². The standard InChI is InChI=1S/C25H32N2O2/c1-16-2-4-19(5-3-16)24-10-17-8-18(11-24)13-25(12-17,15-24)23(29)27-20-6-7-21(27)14-26-22(28)9-20/h2-5,17-18,20-21H,6-15H2,1H3,(H,26,28). The summed E-state index contributed by atoms with van der Waals surface area (Å²) in [7, 11) is 0. The van der Waals surface area contributed by atoms with Crippen LogP contribution >= 0.6 is 0 Å². The summed E-state index contributed by atoms with van der Waals surface area (Å²) in [6, 6.07) is 9.49. The Kier molecular flexibility index (Phi) is 3.77. The lowest BCUT2D eigenvalue weighted by molar-refractivity contribution is -0.163. The molecule has 2 aliphatic heterocycles. The minimum Gasteiger partial charge on any atom is -0.354 e. The van der Waals surface area contributed by atoms with Crippen LogP contribution in [0, 0.1) is 24.2 Å². The number of nitrogens with zero attached hydrogens (tertiary/aromatic N) is 1. The monoisotopic (exact) mass is 392 g/mol. The second kappa shape index (κ2) is 6.09. The van der Waals surface area contributed by atoms with Crippen LogP contribution in [-0.2, 0) is 15.0 Å². The molecule has 0 spiro atoms. The van der Waals surface area contributed by atoms with Crippen LogP contribution in [0.1, 0.15) is 68.9 Å². The van der Waals surface area contributed by atoms with Gasteiger partial charge in [-0.05, 0) is 81.1 Å². The zero-order valence-electron chi connectivity index (χ0n) is 17.5. The molecule has 2 amide bonds. The lowest BCUT2D eigenvalue weighted by Crippen LogP contribution is -2.61. The van der Waals surface area contributed by atoms with Gasteiger partial charge in [0.1, 0.15) is 0 Å². The molecule has 6 fully saturated rings. The summed E-state index contributed by atoms with van der Waals surface area (Å²) in [5.41, 5.74) is 2.77. The Morgan fingerprint density at radius 1 is 1.03 bits per heavy atom. The van der Waals surface area contributed by atoms with Gasteiger partial charge in [0.05, 0.1) is 5.41 Å². The molecule has 2 heterocycles. The van der Waals surface area contributed by atoms with Crippen molar-refractivity contribution in [1.29, 1.82) is 0 Å². The van der Waals surface area contributed by atoms with Crippen LogP contribution in [0.5, 0.6) is 0 Å². The molecule has 1 N–H and O–H groups in total. The molecular weight excluding hydrogens is 360 g/mol. The third-order valence-corrected chi connectivity index (χ3v) is 8.99. The summed E-state index contributed by atoms with van der Waals surface area (Å²) >= 11 is 0. The second-order valence-corrected chi connectivity index (χ2v) is 11.0. The molecule has 4 atom stereocenters. The number of hydrogen-bond donors (Lipinski definition) is 1. The number of carbonyl (C=O) groups is 2. The van der Waals surface area contributed by atoms with E-state index in [2.05, 4.69) is 41.4 Å². The molecule has 154 valence electrons. The van der Waals surface area contributed by atoms with E-state index < -0.39 is 0 Å². The highest BCUT2D eigenvalue weighted by Gasteiger charge is 2.62. The van der Waals surface area contributed by atoms with Crippen LogP contribution in [0.4, 0.5) is 0 Å². The Morgan fingerprint density at radius 2 is 1.72 bits per heavy atom. The van der Waals surface area contributed by atoms with Crippen molar-refractivity contribution in [2.75, 3.05) is 6.54 Å². The van der Waals surface area contributed by atoms with E-state index in [0.717, 1.165) is 32.1 Å². The van der Waals surface area contributed by atoms with E-state index >= 15 is 0 Å². The summed E-state index contributed by atoms with van der Waals surface area (Å²) in [6.07, 6.45) is 9.54. The molecule has 1 aromatic rings. The van der Waals surface area contributed by atoms with Crippen LogP contribution in [0.3, 0.4) is 0 Å². The molecule has 4 aliphatic carbocycles. The molecular formula is C25H32N2O2. The van der Waals surface area contributed by atoms with Crippen molar-refractivity contribution in [3.63, 3.8) is 0 Å². The highest BCUT2D eigenvalue weighted by molar-refractivity contribution is 5.86. The Morgan fingerprint density at radius 3 is 2.45 bits per heavy atom. The molecule has 29 heavy (non-hydrogen) atoms. The third kappa shape index (κ3) is 2.63. The van der Waals surface area contributed by atoms with E-state index in [-0.39, 0.29) is 28.8 Å². The maximum atomic E-state index is 14.2. The van der Waals surface area contributed by atoms with Gasteiger partial charge in [0, 0.05) is 25.0 Å². The molecule has 1 aromatic carbocycles. The average Bonchev–Trinajstić information content (AvgIpc) is 2.98. The van der Waals surface area contributed by atoms with Crippen molar-refractivity contribution in [2.45, 2.75) is 82.2 Å². The Labute approximate surface area is 173 Å². The van der Waals surface area contributed by atoms with Gasteiger partial charge < -0.3 is 10.2 Å². The fourth-order valence-corrected chi connectivity index (χ4v) is 8.24. The average molecular weight is 393 g/mol. The largest absolute Gasteiger partial charge is 0.354 e. The molecule has 4 saturated carbocycles. The molecule has 7 rings (SSSR count). The van der Waals surface area contributed by atoms with Gasteiger partial charge in [-0.1, -0.05) is 29.8 Å². The van der Waals surface area contributed by atoms with Crippen LogP contribution in [0.15, 0.2) is 24.3 Å². The molecule has 2 saturated heterocycles. The minimum atomic E-state index is -0.191. The van der Waals surface area contributed by atoms with E-state index in [1.54, 1.807) is 0 Å². The fourth-order valence-electron chi connectivity index (χ4n) is 8.24. The summed E-state index contributed by atoms with van der Waals surface area (Å²) in [5.74, 6) is 1.89. The molecule has 6 aliphatic rings. The van der Waals surface area contributed by atoms with Gasteiger partial charge in [-0.25, -0.2) is 0 Å². The normalized spacial score (nSPS) is 42.7. The number of hydrogen-bond acceptors (Lipinski definition) is 2. The van der Waals surface area contributed by atoms with Crippen molar-refractivity contribution in [3.05, 3.63) is 35.4 Å². The smallest absolute Gasteiger partial charge is 0.229 e. The number of fused-ring (bicyclic) bond motifs is 2. The highest BCUT2D eigenvalue weighted by atomic mass is 16.2. The molecule has 6 bridgehead atoms. The summed E-state index contributed by atoms with van der Waals surface area (Å²) in [6.45, 7) is 2.80. The molecule has 4 heteroatoms. The Hall–Kier alpha value is -1.84. The van der Waals surface area contributed by atoms with Crippen molar-refractivity contribution in [3.8, 4) is 0 Å². The van der Waals surface area contributed by atoms with E-state index in [4.69, 9.17) is 0 Å². The topological polar surface area (TPSA) is 49.4 Å². The zero-order chi connectivity index (χ0) is 19.8. The maximum Gasteiger partial charge on any atom is 0.229 e. The number of amides is 2. The third-order valence-electron chi connectivity index (χ3n) is 8.99. The number of rotatable bonds is 2. The maximum absolute atomic E-state index is 14.2. The van der Waals surface area contributed by atoms with Gasteiger partial charge in [0.25, 0.3) is 0 Å². The van der Waals surface area contributed by atoms with Crippen LogP contribution < -0.4 is 5.32 Å². The van der Waals surface area contributed by atoms with Gasteiger partial charge >= 0.3 is 0 Å². The Balaban J connectivity index is 1.36. The van der Waals surface area contributed by atoms with E-state index in [1.165, 1.54) is 30.4 Å². The lowest BCUT2D eigenvalue weighted by Gasteiger charge is -2.62. The molecule has 0 aromatic heterocycles. The Bertz CT molecular complexity index is 846. The number of benzene rings is 1. The molecule has 4 nitrogen and oxygen atoms in total. The number of carbonyl (C=O) groups excluding carboxylic acids is 2. The van der Waals surface area contributed by atoms with Crippen LogP contribution in [0.2, 0.25) is 0 Å². The van der Waals surface area contributed by atoms with Gasteiger partial charge in [-0.2, -0.15) is 0 Å². The van der Waals surface area contributed by atoms with E-state index in [1.807, 2.05) is 0 Å². The van der Waals surface area contributed by atoms with Gasteiger partial charge in [0.15, 0.2) is 0 Å². The first-order valence-corrected chi connectivity index (χ1v) is 11.6. The molecule has 0 radical (unpaired) electrons. The zero-order valence-corrected chi connectivity index (χ0v) is 17.5. The number of aryl methyl sites for hydroxylation is 1. The van der Waals surface area contributed by atoms with E-state index in [9.17, 15) is 9.59 Å². The van der Waals surface area contributed by atoms with Crippen molar-refractivity contribution in [2.24, 2.45) is 17.3 Å². The summed E-state index contributed by atoms with van der Waals surface area (Å²) < 4.78 is 0. The quantitative estimate of drug-likeness (QED) is 0.834. The second-order valence-electron chi connectivity index (χ2n) is 11.0. The summed E-state index contributed by atoms with van der Waals surface area (Å²) in [5, 5.41) is 3.04. The van der Waals surface area contributed by atoms with Gasteiger partial charge in [-0.15, -0.1) is 0 Å². The van der Waals surface area contributed by atoms with Crippen LogP contribution in [0.25, 0.3) is 0 Å². The van der Waals surface area contributed by atoms with Crippen LogP contribution in [-0.4, -0.2) is 35.3 Å². The first-order valence-electron chi connectivity index (χ1n) is 11.6. The van der Waals surface area contributed by atoms with Crippen molar-refractivity contribution < 1.29 is 9.59 Å². The minimum absolute atomic E-state index is 0.122. The van der Waals surface area contributed by atoms with E-state index in [0.29, 0.717) is 30.7 Å². The lowest BCUT2D eigenvalue weighted by atomic mass is 9.42. The van der Waals surface area contributed by atoms with Gasteiger partial charge in [0.2, 0.25) is 11.8 Å². The SMILES string of the molecule is Cc1ccc(C23CC4CC(CC(C(=O)N5C6CCC5CC(=O)NC6)(C4)C2)C3)cc1. The summed E-state index contributed by atoms with van der Waals surface area (Å²) in [4.78, 5) is 28.5. The first kappa shape index (κ1) is 18.0. The predicted octanol–water partition coefficient (Wildman–Crippen LogP) is 3.71. The molecule has 4 unspecified atom stereocenters. The predicted molar refractivity (Wildman–Crippen MR) is 111 cm³/mol.